The van der Waals surface area contributed by atoms with Gasteiger partial charge in [-0.2, -0.15) is 0 Å². The van der Waals surface area contributed by atoms with Gasteiger partial charge >= 0.3 is 0 Å². The first-order valence-corrected chi connectivity index (χ1v) is 7.19. The molecule has 2 saturated carbocycles. The maximum absolute atomic E-state index is 12.1. The highest BCUT2D eigenvalue weighted by atomic mass is 16.5. The van der Waals surface area contributed by atoms with Gasteiger partial charge in [-0.25, -0.2) is 0 Å². The maximum Gasteiger partial charge on any atom is 0.224 e. The van der Waals surface area contributed by atoms with Gasteiger partial charge in [0.1, 0.15) is 5.75 Å². The molecule has 1 amide bonds. The van der Waals surface area contributed by atoms with E-state index in [9.17, 15) is 4.79 Å². The minimum Gasteiger partial charge on any atom is -0.495 e. The van der Waals surface area contributed by atoms with Gasteiger partial charge in [0.05, 0.1) is 12.8 Å². The Balaban J connectivity index is 1.59. The van der Waals surface area contributed by atoms with E-state index in [4.69, 9.17) is 4.74 Å². The minimum absolute atomic E-state index is 0.127. The lowest BCUT2D eigenvalue weighted by Crippen LogP contribution is -2.20. The van der Waals surface area contributed by atoms with E-state index in [0.717, 1.165) is 23.3 Å². The molecule has 2 aliphatic rings. The van der Waals surface area contributed by atoms with Gasteiger partial charge in [0.15, 0.2) is 0 Å². The molecular weight excluding hydrogens is 238 g/mol. The first-order valence-electron chi connectivity index (χ1n) is 7.19. The quantitative estimate of drug-likeness (QED) is 0.899. The zero-order valence-electron chi connectivity index (χ0n) is 11.4. The molecule has 1 aromatic rings. The predicted molar refractivity (Wildman–Crippen MR) is 75.2 cm³/mol. The van der Waals surface area contributed by atoms with Gasteiger partial charge in [-0.1, -0.05) is 18.6 Å². The molecule has 0 aromatic heterocycles. The molecule has 0 heterocycles. The fraction of sp³-hybridized carbons (Fsp3) is 0.562. The summed E-state index contributed by atoms with van der Waals surface area (Å²) in [5.74, 6) is 3.15. The topological polar surface area (TPSA) is 38.3 Å². The third-order valence-corrected chi connectivity index (χ3v) is 4.71. The van der Waals surface area contributed by atoms with Crippen molar-refractivity contribution in [3.63, 3.8) is 0 Å². The van der Waals surface area contributed by atoms with Crippen LogP contribution in [0.25, 0.3) is 0 Å². The first kappa shape index (κ1) is 12.5. The van der Waals surface area contributed by atoms with Gasteiger partial charge in [0.25, 0.3) is 0 Å². The number of amides is 1. The van der Waals surface area contributed by atoms with Gasteiger partial charge < -0.3 is 10.1 Å². The normalized spacial score (nSPS) is 28.4. The second-order valence-corrected chi connectivity index (χ2v) is 5.89. The molecule has 3 unspecified atom stereocenters. The van der Waals surface area contributed by atoms with Crippen LogP contribution in [0, 0.1) is 17.8 Å². The number of rotatable bonds is 4. The number of carbonyl (C=O) groups excluding carboxylic acids is 1. The molecule has 2 fully saturated rings. The Morgan fingerprint density at radius 2 is 2.16 bits per heavy atom. The summed E-state index contributed by atoms with van der Waals surface area (Å²) in [4.78, 5) is 12.1. The second kappa shape index (κ2) is 5.24. The van der Waals surface area contributed by atoms with Crippen LogP contribution in [0.15, 0.2) is 24.3 Å². The number of ether oxygens (including phenoxy) is 1. The number of para-hydroxylation sites is 2. The Morgan fingerprint density at radius 1 is 1.32 bits per heavy atom. The molecule has 2 bridgehead atoms. The minimum atomic E-state index is 0.127. The van der Waals surface area contributed by atoms with Gasteiger partial charge in [0, 0.05) is 6.42 Å². The zero-order chi connectivity index (χ0) is 13.2. The number of anilines is 1. The van der Waals surface area contributed by atoms with Crippen molar-refractivity contribution < 1.29 is 9.53 Å². The highest BCUT2D eigenvalue weighted by Gasteiger charge is 2.40. The van der Waals surface area contributed by atoms with E-state index in [0.29, 0.717) is 12.3 Å². The standard InChI is InChI=1S/C16H21NO2/c1-19-15-5-3-2-4-14(15)17-16(18)10-13-9-11-6-7-12(13)8-11/h2-5,11-13H,6-10H2,1H3,(H,17,18). The molecule has 102 valence electrons. The molecule has 0 radical (unpaired) electrons. The van der Waals surface area contributed by atoms with E-state index in [1.165, 1.54) is 25.7 Å². The summed E-state index contributed by atoms with van der Waals surface area (Å²) in [6, 6.07) is 7.57. The Bertz CT molecular complexity index is 472. The van der Waals surface area contributed by atoms with Gasteiger partial charge in [-0.15, -0.1) is 0 Å². The average molecular weight is 259 g/mol. The second-order valence-electron chi connectivity index (χ2n) is 5.89. The van der Waals surface area contributed by atoms with Crippen LogP contribution < -0.4 is 10.1 Å². The van der Waals surface area contributed by atoms with Crippen LogP contribution in [0.1, 0.15) is 32.1 Å². The van der Waals surface area contributed by atoms with Crippen LogP contribution in [0.5, 0.6) is 5.75 Å². The van der Waals surface area contributed by atoms with Crippen molar-refractivity contribution in [2.45, 2.75) is 32.1 Å². The molecule has 19 heavy (non-hydrogen) atoms. The summed E-state index contributed by atoms with van der Waals surface area (Å²) in [7, 11) is 1.63. The monoisotopic (exact) mass is 259 g/mol. The van der Waals surface area contributed by atoms with Crippen molar-refractivity contribution in [1.29, 1.82) is 0 Å². The molecule has 3 nitrogen and oxygen atoms in total. The molecular formula is C16H21NO2. The van der Waals surface area contributed by atoms with Crippen LogP contribution in [0.4, 0.5) is 5.69 Å². The number of nitrogens with one attached hydrogen (secondary N) is 1. The van der Waals surface area contributed by atoms with Crippen LogP contribution in [0.2, 0.25) is 0 Å². The molecule has 0 spiro atoms. The van der Waals surface area contributed by atoms with E-state index in [2.05, 4.69) is 5.32 Å². The van der Waals surface area contributed by atoms with E-state index < -0.39 is 0 Å². The van der Waals surface area contributed by atoms with Gasteiger partial charge in [-0.3, -0.25) is 4.79 Å². The molecule has 1 aromatic carbocycles. The average Bonchev–Trinajstić information content (AvgIpc) is 3.01. The van der Waals surface area contributed by atoms with Crippen molar-refractivity contribution in [3.8, 4) is 5.75 Å². The van der Waals surface area contributed by atoms with Crippen LogP contribution in [-0.2, 0) is 4.79 Å². The molecule has 0 saturated heterocycles. The third-order valence-electron chi connectivity index (χ3n) is 4.71. The maximum atomic E-state index is 12.1. The lowest BCUT2D eigenvalue weighted by Gasteiger charge is -2.21. The van der Waals surface area contributed by atoms with E-state index >= 15 is 0 Å². The number of carbonyl (C=O) groups is 1. The molecule has 1 N–H and O–H groups in total. The van der Waals surface area contributed by atoms with Crippen molar-refractivity contribution in [2.75, 3.05) is 12.4 Å². The summed E-state index contributed by atoms with van der Waals surface area (Å²) in [6.45, 7) is 0. The summed E-state index contributed by atoms with van der Waals surface area (Å²) >= 11 is 0. The molecule has 2 aliphatic carbocycles. The Kier molecular flexibility index (Phi) is 3.45. The molecule has 3 heteroatoms. The van der Waals surface area contributed by atoms with Crippen molar-refractivity contribution in [3.05, 3.63) is 24.3 Å². The Morgan fingerprint density at radius 3 is 2.84 bits per heavy atom. The number of methoxy groups -OCH3 is 1. The van der Waals surface area contributed by atoms with E-state index in [-0.39, 0.29) is 5.91 Å². The summed E-state index contributed by atoms with van der Waals surface area (Å²) < 4.78 is 5.25. The highest BCUT2D eigenvalue weighted by molar-refractivity contribution is 5.92. The summed E-state index contributed by atoms with van der Waals surface area (Å²) in [5.41, 5.74) is 0.776. The smallest absolute Gasteiger partial charge is 0.224 e. The van der Waals surface area contributed by atoms with Crippen molar-refractivity contribution in [1.82, 2.24) is 0 Å². The fourth-order valence-electron chi connectivity index (χ4n) is 3.81. The first-order chi connectivity index (χ1) is 9.26. The Labute approximate surface area is 114 Å². The number of hydrogen-bond donors (Lipinski definition) is 1. The number of hydrogen-bond acceptors (Lipinski definition) is 2. The summed E-state index contributed by atoms with van der Waals surface area (Å²) in [5, 5.41) is 2.98. The SMILES string of the molecule is COc1ccccc1NC(=O)CC1CC2CCC1C2. The number of benzene rings is 1. The van der Waals surface area contributed by atoms with Crippen LogP contribution in [0.3, 0.4) is 0 Å². The van der Waals surface area contributed by atoms with Gasteiger partial charge in [0.2, 0.25) is 5.91 Å². The van der Waals surface area contributed by atoms with Crippen LogP contribution >= 0.6 is 0 Å². The van der Waals surface area contributed by atoms with E-state index in [1.807, 2.05) is 24.3 Å². The Hall–Kier alpha value is -1.51. The zero-order valence-corrected chi connectivity index (χ0v) is 11.4. The third kappa shape index (κ3) is 2.60. The fourth-order valence-corrected chi connectivity index (χ4v) is 3.81. The summed E-state index contributed by atoms with van der Waals surface area (Å²) in [6.07, 6.45) is 5.99. The number of fused-ring (bicyclic) bond motifs is 2. The van der Waals surface area contributed by atoms with Crippen molar-refractivity contribution in [2.24, 2.45) is 17.8 Å². The molecule has 3 atom stereocenters. The van der Waals surface area contributed by atoms with Crippen LogP contribution in [-0.4, -0.2) is 13.0 Å². The van der Waals surface area contributed by atoms with Crippen molar-refractivity contribution >= 4 is 11.6 Å². The predicted octanol–water partition coefficient (Wildman–Crippen LogP) is 3.46. The largest absolute Gasteiger partial charge is 0.495 e. The molecule has 3 rings (SSSR count). The highest BCUT2D eigenvalue weighted by Crippen LogP contribution is 2.49. The lowest BCUT2D eigenvalue weighted by molar-refractivity contribution is -0.117. The lowest BCUT2D eigenvalue weighted by atomic mass is 9.86. The molecule has 0 aliphatic heterocycles. The van der Waals surface area contributed by atoms with E-state index in [1.54, 1.807) is 7.11 Å². The van der Waals surface area contributed by atoms with Gasteiger partial charge in [-0.05, 0) is 49.1 Å².